The Morgan fingerprint density at radius 2 is 2.00 bits per heavy atom. The van der Waals surface area contributed by atoms with Gasteiger partial charge in [0, 0.05) is 6.42 Å². The van der Waals surface area contributed by atoms with E-state index in [0.717, 1.165) is 0 Å². The van der Waals surface area contributed by atoms with Crippen LogP contribution in [0.1, 0.15) is 23.2 Å². The fraction of sp³-hybridized carbons (Fsp3) is 0.231. The normalized spacial score (nSPS) is 19.7. The summed E-state index contributed by atoms with van der Waals surface area (Å²) in [6, 6.07) is 8.46. The van der Waals surface area contributed by atoms with Crippen molar-refractivity contribution in [2.45, 2.75) is 18.9 Å². The van der Waals surface area contributed by atoms with Crippen molar-refractivity contribution in [2.75, 3.05) is 0 Å². The minimum absolute atomic E-state index is 0.00784. The predicted octanol–water partition coefficient (Wildman–Crippen LogP) is 1.45. The largest absolute Gasteiger partial charge is 0.419 e. The van der Waals surface area contributed by atoms with Gasteiger partial charge < -0.3 is 9.84 Å². The number of benzene rings is 1. The fourth-order valence-corrected chi connectivity index (χ4v) is 1.59. The molecule has 4 nitrogen and oxygen atoms in total. The molecule has 2 rings (SSSR count). The van der Waals surface area contributed by atoms with Crippen molar-refractivity contribution in [1.29, 1.82) is 0 Å². The zero-order chi connectivity index (χ0) is 12.3. The Morgan fingerprint density at radius 3 is 2.65 bits per heavy atom. The molecule has 0 fully saturated rings. The van der Waals surface area contributed by atoms with Gasteiger partial charge in [0.1, 0.15) is 0 Å². The number of aliphatic hydroxyl groups excluding tert-OH is 1. The van der Waals surface area contributed by atoms with E-state index in [1.807, 2.05) is 0 Å². The molecular weight excluding hydrogens is 220 g/mol. The number of ether oxygens (including phenoxy) is 1. The van der Waals surface area contributed by atoms with Gasteiger partial charge in [-0.1, -0.05) is 18.2 Å². The maximum atomic E-state index is 11.7. The highest BCUT2D eigenvalue weighted by Crippen LogP contribution is 2.17. The maximum absolute atomic E-state index is 11.7. The standard InChI is InChI=1S/C13H12O4/c14-10-6-7-12(11(15)8-10)17-13(16)9-4-2-1-3-5-9/h1-5,7,10,14H,6,8H2. The summed E-state index contributed by atoms with van der Waals surface area (Å²) in [5, 5.41) is 9.24. The molecule has 1 N–H and O–H groups in total. The quantitative estimate of drug-likeness (QED) is 0.784. The van der Waals surface area contributed by atoms with Crippen molar-refractivity contribution >= 4 is 11.8 Å². The van der Waals surface area contributed by atoms with Gasteiger partial charge in [-0.2, -0.15) is 0 Å². The second-order valence-corrected chi connectivity index (χ2v) is 3.84. The molecule has 1 atom stereocenters. The second-order valence-electron chi connectivity index (χ2n) is 3.84. The SMILES string of the molecule is O=C1CC(O)CC=C1OC(=O)c1ccccc1. The molecule has 88 valence electrons. The number of rotatable bonds is 2. The number of ketones is 1. The van der Waals surface area contributed by atoms with Gasteiger partial charge in [0.15, 0.2) is 11.5 Å². The van der Waals surface area contributed by atoms with E-state index in [2.05, 4.69) is 0 Å². The van der Waals surface area contributed by atoms with Crippen molar-refractivity contribution in [2.24, 2.45) is 0 Å². The molecule has 0 aromatic heterocycles. The van der Waals surface area contributed by atoms with Gasteiger partial charge in [-0.25, -0.2) is 4.79 Å². The lowest BCUT2D eigenvalue weighted by Gasteiger charge is -2.15. The monoisotopic (exact) mass is 232 g/mol. The number of allylic oxidation sites excluding steroid dienone is 1. The number of hydrogen-bond donors (Lipinski definition) is 1. The number of hydrogen-bond acceptors (Lipinski definition) is 4. The van der Waals surface area contributed by atoms with Crippen LogP contribution in [0.4, 0.5) is 0 Å². The van der Waals surface area contributed by atoms with Crippen molar-refractivity contribution in [3.8, 4) is 0 Å². The average Bonchev–Trinajstić information content (AvgIpc) is 2.34. The van der Waals surface area contributed by atoms with Crippen molar-refractivity contribution in [3.63, 3.8) is 0 Å². The fourth-order valence-electron chi connectivity index (χ4n) is 1.59. The first-order chi connectivity index (χ1) is 8.16. The molecule has 1 aromatic rings. The highest BCUT2D eigenvalue weighted by atomic mass is 16.5. The molecule has 1 aliphatic carbocycles. The minimum atomic E-state index is -0.665. The Kier molecular flexibility index (Phi) is 3.35. The molecule has 1 unspecified atom stereocenters. The lowest BCUT2D eigenvalue weighted by atomic mass is 10.0. The summed E-state index contributed by atoms with van der Waals surface area (Å²) in [5.74, 6) is -0.862. The van der Waals surface area contributed by atoms with E-state index < -0.39 is 12.1 Å². The third-order valence-corrected chi connectivity index (χ3v) is 2.48. The molecule has 0 radical (unpaired) electrons. The number of Topliss-reactive ketones (excluding diaryl/α,β-unsaturated/α-hetero) is 1. The van der Waals surface area contributed by atoms with Crippen molar-refractivity contribution in [1.82, 2.24) is 0 Å². The second kappa shape index (κ2) is 4.93. The third-order valence-electron chi connectivity index (χ3n) is 2.48. The van der Waals surface area contributed by atoms with E-state index in [1.54, 1.807) is 30.3 Å². The Morgan fingerprint density at radius 1 is 1.29 bits per heavy atom. The lowest BCUT2D eigenvalue weighted by molar-refractivity contribution is -0.120. The van der Waals surface area contributed by atoms with Crippen LogP contribution in [0.15, 0.2) is 42.2 Å². The molecule has 1 aromatic carbocycles. The van der Waals surface area contributed by atoms with E-state index >= 15 is 0 Å². The Balaban J connectivity index is 2.07. The molecule has 4 heteroatoms. The van der Waals surface area contributed by atoms with Crippen molar-refractivity contribution in [3.05, 3.63) is 47.7 Å². The molecule has 0 aliphatic heterocycles. The summed E-state index contributed by atoms with van der Waals surface area (Å²) in [6.45, 7) is 0. The van der Waals surface area contributed by atoms with Crippen LogP contribution in [-0.2, 0) is 9.53 Å². The van der Waals surface area contributed by atoms with Crippen LogP contribution < -0.4 is 0 Å². The smallest absolute Gasteiger partial charge is 0.343 e. The van der Waals surface area contributed by atoms with Gasteiger partial charge in [0.25, 0.3) is 0 Å². The van der Waals surface area contributed by atoms with Gasteiger partial charge in [-0.3, -0.25) is 4.79 Å². The maximum Gasteiger partial charge on any atom is 0.343 e. The third kappa shape index (κ3) is 2.79. The zero-order valence-corrected chi connectivity index (χ0v) is 9.13. The van der Waals surface area contributed by atoms with E-state index in [4.69, 9.17) is 4.74 Å². The molecule has 17 heavy (non-hydrogen) atoms. The number of carbonyl (C=O) groups excluding carboxylic acids is 2. The van der Waals surface area contributed by atoms with Crippen LogP contribution in [0.5, 0.6) is 0 Å². The van der Waals surface area contributed by atoms with Gasteiger partial charge in [0.2, 0.25) is 0 Å². The zero-order valence-electron chi connectivity index (χ0n) is 9.13. The first-order valence-corrected chi connectivity index (χ1v) is 5.35. The molecule has 1 aliphatic rings. The van der Waals surface area contributed by atoms with Gasteiger partial charge in [-0.05, 0) is 24.6 Å². The Hall–Kier alpha value is -1.94. The first-order valence-electron chi connectivity index (χ1n) is 5.35. The lowest BCUT2D eigenvalue weighted by Crippen LogP contribution is -2.22. The van der Waals surface area contributed by atoms with Crippen LogP contribution in [0.2, 0.25) is 0 Å². The summed E-state index contributed by atoms with van der Waals surface area (Å²) in [6.07, 6.45) is 1.13. The molecular formula is C13H12O4. The summed E-state index contributed by atoms with van der Waals surface area (Å²) in [7, 11) is 0. The molecule has 0 heterocycles. The van der Waals surface area contributed by atoms with E-state index in [-0.39, 0.29) is 18.0 Å². The molecule has 0 amide bonds. The predicted molar refractivity (Wildman–Crippen MR) is 60.2 cm³/mol. The summed E-state index contributed by atoms with van der Waals surface area (Å²) in [4.78, 5) is 23.1. The van der Waals surface area contributed by atoms with Crippen LogP contribution in [0.25, 0.3) is 0 Å². The molecule has 0 saturated heterocycles. The van der Waals surface area contributed by atoms with E-state index in [9.17, 15) is 14.7 Å². The summed E-state index contributed by atoms with van der Waals surface area (Å²) in [5.41, 5.74) is 0.396. The van der Waals surface area contributed by atoms with Crippen LogP contribution >= 0.6 is 0 Å². The topological polar surface area (TPSA) is 63.6 Å². The Labute approximate surface area is 98.5 Å². The molecule has 0 bridgehead atoms. The van der Waals surface area contributed by atoms with E-state index in [0.29, 0.717) is 12.0 Å². The number of aliphatic hydroxyl groups is 1. The summed E-state index contributed by atoms with van der Waals surface area (Å²) < 4.78 is 5.00. The number of esters is 1. The van der Waals surface area contributed by atoms with Gasteiger partial charge >= 0.3 is 5.97 Å². The molecule has 0 saturated carbocycles. The van der Waals surface area contributed by atoms with Crippen LogP contribution in [0.3, 0.4) is 0 Å². The van der Waals surface area contributed by atoms with Crippen LogP contribution in [-0.4, -0.2) is 23.0 Å². The minimum Gasteiger partial charge on any atom is -0.419 e. The highest BCUT2D eigenvalue weighted by Gasteiger charge is 2.23. The van der Waals surface area contributed by atoms with Crippen LogP contribution in [0, 0.1) is 0 Å². The summed E-state index contributed by atoms with van der Waals surface area (Å²) >= 11 is 0. The van der Waals surface area contributed by atoms with Gasteiger partial charge in [-0.15, -0.1) is 0 Å². The van der Waals surface area contributed by atoms with Gasteiger partial charge in [0.05, 0.1) is 11.7 Å². The highest BCUT2D eigenvalue weighted by molar-refractivity contribution is 5.99. The number of carbonyl (C=O) groups is 2. The average molecular weight is 232 g/mol. The first kappa shape index (κ1) is 11.5. The van der Waals surface area contributed by atoms with E-state index in [1.165, 1.54) is 6.08 Å². The molecule has 0 spiro atoms. The van der Waals surface area contributed by atoms with Crippen molar-refractivity contribution < 1.29 is 19.4 Å². The Bertz CT molecular complexity index is 462.